The summed E-state index contributed by atoms with van der Waals surface area (Å²) in [5.74, 6) is -0.622. The quantitative estimate of drug-likeness (QED) is 0.512. The van der Waals surface area contributed by atoms with Crippen LogP contribution in [-0.4, -0.2) is 21.4 Å². The zero-order chi connectivity index (χ0) is 19.3. The van der Waals surface area contributed by atoms with E-state index in [1.165, 1.54) is 0 Å². The molecule has 2 aromatic heterocycles. The van der Waals surface area contributed by atoms with Gasteiger partial charge in [0, 0.05) is 25.2 Å². The van der Waals surface area contributed by atoms with Gasteiger partial charge in [-0.25, -0.2) is 4.98 Å². The second-order valence-corrected chi connectivity index (χ2v) is 7.30. The van der Waals surface area contributed by atoms with Gasteiger partial charge in [0.15, 0.2) is 0 Å². The molecule has 0 bridgehead atoms. The largest absolute Gasteiger partial charge is 0.323 e. The third kappa shape index (κ3) is 3.94. The van der Waals surface area contributed by atoms with Crippen LogP contribution >= 0.6 is 11.3 Å². The number of hydrogen-bond donors (Lipinski definition) is 2. The van der Waals surface area contributed by atoms with Gasteiger partial charge in [0.2, 0.25) is 5.91 Å². The molecule has 2 heterocycles. The predicted octanol–water partition coefficient (Wildman–Crippen LogP) is 3.48. The first-order chi connectivity index (χ1) is 13.7. The lowest BCUT2D eigenvalue weighted by atomic mass is 10.1. The molecule has 0 aliphatic heterocycles. The molecule has 0 unspecified atom stereocenters. The van der Waals surface area contributed by atoms with Crippen LogP contribution in [0.3, 0.4) is 0 Å². The number of hydrazine groups is 1. The van der Waals surface area contributed by atoms with Crippen LogP contribution in [0, 0.1) is 0 Å². The monoisotopic (exact) mass is 390 g/mol. The summed E-state index contributed by atoms with van der Waals surface area (Å²) >= 11 is 1.58. The first-order valence-corrected chi connectivity index (χ1v) is 9.68. The van der Waals surface area contributed by atoms with Crippen LogP contribution in [0.1, 0.15) is 21.8 Å². The first kappa shape index (κ1) is 17.9. The second-order valence-electron chi connectivity index (χ2n) is 6.19. The zero-order valence-corrected chi connectivity index (χ0v) is 15.8. The average Bonchev–Trinajstić information content (AvgIpc) is 3.40. The predicted molar refractivity (Wildman–Crippen MR) is 109 cm³/mol. The summed E-state index contributed by atoms with van der Waals surface area (Å²) in [6.07, 6.45) is 4.51. The van der Waals surface area contributed by atoms with Crippen LogP contribution in [-0.2, 0) is 11.2 Å². The Morgan fingerprint density at radius 3 is 2.50 bits per heavy atom. The maximum absolute atomic E-state index is 12.5. The van der Waals surface area contributed by atoms with E-state index in [4.69, 9.17) is 0 Å². The van der Waals surface area contributed by atoms with Crippen molar-refractivity contribution in [3.63, 3.8) is 0 Å². The molecule has 28 heavy (non-hydrogen) atoms. The van der Waals surface area contributed by atoms with Gasteiger partial charge in [-0.3, -0.25) is 20.4 Å². The topological polar surface area (TPSA) is 76.0 Å². The van der Waals surface area contributed by atoms with Gasteiger partial charge >= 0.3 is 0 Å². The van der Waals surface area contributed by atoms with E-state index in [-0.39, 0.29) is 18.2 Å². The number of benzene rings is 2. The zero-order valence-electron chi connectivity index (χ0n) is 15.0. The van der Waals surface area contributed by atoms with Gasteiger partial charge in [-0.1, -0.05) is 24.3 Å². The fourth-order valence-corrected chi connectivity index (χ4v) is 3.86. The summed E-state index contributed by atoms with van der Waals surface area (Å²) in [6, 6.07) is 18.9. The smallest absolute Gasteiger partial charge is 0.271 e. The molecule has 0 saturated heterocycles. The van der Waals surface area contributed by atoms with E-state index < -0.39 is 0 Å². The number of nitrogens with one attached hydrogen (secondary N) is 2. The summed E-state index contributed by atoms with van der Waals surface area (Å²) in [4.78, 5) is 29.2. The van der Waals surface area contributed by atoms with Crippen molar-refractivity contribution in [3.8, 4) is 5.69 Å². The summed E-state index contributed by atoms with van der Waals surface area (Å²) in [6.45, 7) is 0. The third-order valence-electron chi connectivity index (χ3n) is 4.25. The van der Waals surface area contributed by atoms with Crippen LogP contribution in [0.2, 0.25) is 0 Å². The van der Waals surface area contributed by atoms with E-state index in [1.54, 1.807) is 23.5 Å². The van der Waals surface area contributed by atoms with Gasteiger partial charge in [0.25, 0.3) is 5.91 Å². The molecule has 0 aliphatic rings. The number of carbonyl (C=O) groups excluding carboxylic acids is 2. The Hall–Kier alpha value is -3.45. The van der Waals surface area contributed by atoms with Crippen molar-refractivity contribution in [2.45, 2.75) is 12.8 Å². The van der Waals surface area contributed by atoms with Crippen LogP contribution in [0.4, 0.5) is 0 Å². The van der Waals surface area contributed by atoms with Gasteiger partial charge in [0.1, 0.15) is 0 Å². The van der Waals surface area contributed by atoms with E-state index in [0.29, 0.717) is 12.0 Å². The Balaban J connectivity index is 1.34. The van der Waals surface area contributed by atoms with E-state index in [1.807, 2.05) is 65.5 Å². The maximum atomic E-state index is 12.5. The van der Waals surface area contributed by atoms with Crippen LogP contribution in [0.25, 0.3) is 15.9 Å². The summed E-state index contributed by atoms with van der Waals surface area (Å²) in [7, 11) is 0. The highest BCUT2D eigenvalue weighted by Gasteiger charge is 2.13. The van der Waals surface area contributed by atoms with E-state index in [9.17, 15) is 9.59 Å². The van der Waals surface area contributed by atoms with Crippen molar-refractivity contribution in [3.05, 3.63) is 83.6 Å². The van der Waals surface area contributed by atoms with Crippen LogP contribution < -0.4 is 10.9 Å². The highest BCUT2D eigenvalue weighted by atomic mass is 32.1. The molecule has 4 rings (SSSR count). The minimum absolute atomic E-state index is 0.249. The number of fused-ring (bicyclic) bond motifs is 1. The van der Waals surface area contributed by atoms with Crippen molar-refractivity contribution in [1.29, 1.82) is 0 Å². The minimum atomic E-state index is -0.363. The molecule has 4 aromatic rings. The number of aryl methyl sites for hydroxylation is 1. The lowest BCUT2D eigenvalue weighted by Crippen LogP contribution is -2.42. The normalized spacial score (nSPS) is 10.7. The SMILES string of the molecule is O=C(CCc1nc2ccccc2s1)NNC(=O)c1ccccc1-n1cccc1. The number of nitrogens with zero attached hydrogens (tertiary/aromatic N) is 2. The Bertz CT molecular complexity index is 1090. The Morgan fingerprint density at radius 1 is 0.929 bits per heavy atom. The highest BCUT2D eigenvalue weighted by Crippen LogP contribution is 2.22. The molecule has 0 radical (unpaired) electrons. The Kier molecular flexibility index (Phi) is 5.16. The molecule has 0 spiro atoms. The van der Waals surface area contributed by atoms with Crippen molar-refractivity contribution in [2.24, 2.45) is 0 Å². The fourth-order valence-electron chi connectivity index (χ4n) is 2.89. The molecule has 7 heteroatoms. The molecule has 2 N–H and O–H groups in total. The highest BCUT2D eigenvalue weighted by molar-refractivity contribution is 7.18. The van der Waals surface area contributed by atoms with Gasteiger partial charge in [0.05, 0.1) is 26.5 Å². The number of hydrogen-bond acceptors (Lipinski definition) is 4. The summed E-state index contributed by atoms with van der Waals surface area (Å²) in [5, 5.41) is 0.903. The average molecular weight is 390 g/mol. The third-order valence-corrected chi connectivity index (χ3v) is 5.35. The molecule has 0 saturated carbocycles. The lowest BCUT2D eigenvalue weighted by molar-refractivity contribution is -0.121. The van der Waals surface area contributed by atoms with Gasteiger partial charge in [-0.2, -0.15) is 0 Å². The van der Waals surface area contributed by atoms with Crippen molar-refractivity contribution in [1.82, 2.24) is 20.4 Å². The van der Waals surface area contributed by atoms with Gasteiger partial charge < -0.3 is 4.57 Å². The molecule has 0 aliphatic carbocycles. The molecule has 0 fully saturated rings. The van der Waals surface area contributed by atoms with Crippen LogP contribution in [0.15, 0.2) is 73.1 Å². The number of rotatable bonds is 5. The molecule has 2 aromatic carbocycles. The van der Waals surface area contributed by atoms with Crippen molar-refractivity contribution >= 4 is 33.4 Å². The molecular formula is C21H18N4O2S. The van der Waals surface area contributed by atoms with E-state index >= 15 is 0 Å². The van der Waals surface area contributed by atoms with E-state index in [0.717, 1.165) is 20.9 Å². The number of aromatic nitrogens is 2. The maximum Gasteiger partial charge on any atom is 0.271 e. The lowest BCUT2D eigenvalue weighted by Gasteiger charge is -2.11. The Morgan fingerprint density at radius 2 is 1.68 bits per heavy atom. The van der Waals surface area contributed by atoms with E-state index in [2.05, 4.69) is 15.8 Å². The first-order valence-electron chi connectivity index (χ1n) is 8.87. The molecule has 6 nitrogen and oxygen atoms in total. The molecule has 140 valence electrons. The summed E-state index contributed by atoms with van der Waals surface area (Å²) in [5.41, 5.74) is 7.15. The number of amides is 2. The standard InChI is InChI=1S/C21H18N4O2S/c26-19(11-12-20-22-16-8-2-4-10-18(16)28-20)23-24-21(27)15-7-1-3-9-17(15)25-13-5-6-14-25/h1-10,13-14H,11-12H2,(H,23,26)(H,24,27). The number of carbonyl (C=O) groups is 2. The number of thiazole rings is 1. The van der Waals surface area contributed by atoms with Crippen LogP contribution in [0.5, 0.6) is 0 Å². The van der Waals surface area contributed by atoms with Crippen molar-refractivity contribution in [2.75, 3.05) is 0 Å². The number of para-hydroxylation sites is 2. The van der Waals surface area contributed by atoms with Crippen molar-refractivity contribution < 1.29 is 9.59 Å². The second kappa shape index (κ2) is 8.06. The molecule has 0 atom stereocenters. The Labute approximate surface area is 165 Å². The fraction of sp³-hybridized carbons (Fsp3) is 0.0952. The molecule has 2 amide bonds. The minimum Gasteiger partial charge on any atom is -0.323 e. The summed E-state index contributed by atoms with van der Waals surface area (Å²) < 4.78 is 2.96. The molecular weight excluding hydrogens is 372 g/mol. The van der Waals surface area contributed by atoms with Gasteiger partial charge in [-0.05, 0) is 36.4 Å². The van der Waals surface area contributed by atoms with Gasteiger partial charge in [-0.15, -0.1) is 11.3 Å².